The molecular formula is C17H24N2. The van der Waals surface area contributed by atoms with Crippen molar-refractivity contribution < 1.29 is 0 Å². The van der Waals surface area contributed by atoms with Crippen LogP contribution in [0.2, 0.25) is 0 Å². The van der Waals surface area contributed by atoms with E-state index in [9.17, 15) is 0 Å². The second kappa shape index (κ2) is 5.65. The van der Waals surface area contributed by atoms with Crippen LogP contribution in [0, 0.1) is 17.2 Å². The van der Waals surface area contributed by atoms with Gasteiger partial charge in [-0.15, -0.1) is 0 Å². The predicted octanol–water partition coefficient (Wildman–Crippen LogP) is 4.48. The van der Waals surface area contributed by atoms with Gasteiger partial charge in [0, 0.05) is 17.6 Å². The van der Waals surface area contributed by atoms with Crippen molar-refractivity contribution in [3.63, 3.8) is 0 Å². The Hall–Kier alpha value is -1.49. The normalized spacial score (nSPS) is 23.7. The highest BCUT2D eigenvalue weighted by Gasteiger charge is 2.23. The van der Waals surface area contributed by atoms with Gasteiger partial charge in [0.05, 0.1) is 6.07 Å². The van der Waals surface area contributed by atoms with Gasteiger partial charge < -0.3 is 5.32 Å². The lowest BCUT2D eigenvalue weighted by atomic mass is 9.84. The Balaban J connectivity index is 2.07. The van der Waals surface area contributed by atoms with Crippen LogP contribution in [0.15, 0.2) is 24.3 Å². The zero-order valence-electron chi connectivity index (χ0n) is 12.2. The summed E-state index contributed by atoms with van der Waals surface area (Å²) in [4.78, 5) is 0. The number of anilines is 1. The smallest absolute Gasteiger partial charge is 0.0655 e. The zero-order chi connectivity index (χ0) is 13.9. The van der Waals surface area contributed by atoms with Crippen LogP contribution in [-0.4, -0.2) is 6.04 Å². The number of para-hydroxylation sites is 1. The fourth-order valence-electron chi connectivity index (χ4n) is 2.85. The molecule has 0 unspecified atom stereocenters. The molecule has 2 nitrogen and oxygen atoms in total. The highest BCUT2D eigenvalue weighted by Crippen LogP contribution is 2.32. The van der Waals surface area contributed by atoms with E-state index >= 15 is 0 Å². The summed E-state index contributed by atoms with van der Waals surface area (Å²) in [5.41, 5.74) is 2.79. The third-order valence-corrected chi connectivity index (χ3v) is 4.00. The molecule has 0 radical (unpaired) electrons. The first-order chi connectivity index (χ1) is 9.00. The Kier molecular flexibility index (Phi) is 4.14. The van der Waals surface area contributed by atoms with E-state index in [1.165, 1.54) is 11.3 Å². The van der Waals surface area contributed by atoms with E-state index in [0.29, 0.717) is 6.04 Å². The van der Waals surface area contributed by atoms with E-state index in [0.717, 1.165) is 25.7 Å². The molecule has 2 heteroatoms. The largest absolute Gasteiger partial charge is 0.382 e. The second-order valence-electron chi connectivity index (χ2n) is 6.62. The SMILES string of the molecule is CC(C)(C)c1ccccc1NC1CCC(C#N)CC1. The van der Waals surface area contributed by atoms with Crippen molar-refractivity contribution in [1.82, 2.24) is 0 Å². The van der Waals surface area contributed by atoms with Gasteiger partial charge in [-0.05, 0) is 42.7 Å². The molecule has 1 fully saturated rings. The van der Waals surface area contributed by atoms with E-state index in [2.05, 4.69) is 56.4 Å². The first-order valence-corrected chi connectivity index (χ1v) is 7.26. The predicted molar refractivity (Wildman–Crippen MR) is 80.1 cm³/mol. The van der Waals surface area contributed by atoms with Crippen molar-refractivity contribution in [2.75, 3.05) is 5.32 Å². The zero-order valence-corrected chi connectivity index (χ0v) is 12.2. The summed E-state index contributed by atoms with van der Waals surface area (Å²) in [6.07, 6.45) is 4.28. The number of benzene rings is 1. The topological polar surface area (TPSA) is 35.8 Å². The molecule has 1 aliphatic rings. The number of nitrogens with one attached hydrogen (secondary N) is 1. The van der Waals surface area contributed by atoms with Crippen LogP contribution < -0.4 is 5.32 Å². The molecule has 19 heavy (non-hydrogen) atoms. The number of hydrogen-bond acceptors (Lipinski definition) is 2. The van der Waals surface area contributed by atoms with Crippen LogP contribution in [0.1, 0.15) is 52.0 Å². The first-order valence-electron chi connectivity index (χ1n) is 7.26. The standard InChI is InChI=1S/C17H24N2/c1-17(2,3)15-6-4-5-7-16(15)19-14-10-8-13(12-18)9-11-14/h4-7,13-14,19H,8-11H2,1-3H3. The Labute approximate surface area is 116 Å². The lowest BCUT2D eigenvalue weighted by Crippen LogP contribution is -2.27. The minimum atomic E-state index is 0.160. The summed E-state index contributed by atoms with van der Waals surface area (Å²) < 4.78 is 0. The molecule has 0 aromatic heterocycles. The summed E-state index contributed by atoms with van der Waals surface area (Å²) in [6.45, 7) is 6.75. The molecule has 2 rings (SSSR count). The van der Waals surface area contributed by atoms with Crippen LogP contribution >= 0.6 is 0 Å². The Morgan fingerprint density at radius 1 is 1.11 bits per heavy atom. The van der Waals surface area contributed by atoms with E-state index in [1.807, 2.05) is 0 Å². The molecule has 0 bridgehead atoms. The second-order valence-corrected chi connectivity index (χ2v) is 6.62. The number of rotatable bonds is 2. The average molecular weight is 256 g/mol. The molecule has 102 valence electrons. The van der Waals surface area contributed by atoms with E-state index in [4.69, 9.17) is 5.26 Å². The summed E-state index contributed by atoms with van der Waals surface area (Å²) in [5, 5.41) is 12.6. The highest BCUT2D eigenvalue weighted by molar-refractivity contribution is 5.54. The molecule has 1 saturated carbocycles. The van der Waals surface area contributed by atoms with Crippen molar-refractivity contribution in [2.24, 2.45) is 5.92 Å². The van der Waals surface area contributed by atoms with E-state index in [1.54, 1.807) is 0 Å². The number of nitrogens with zero attached hydrogens (tertiary/aromatic N) is 1. The highest BCUT2D eigenvalue weighted by atomic mass is 14.9. The van der Waals surface area contributed by atoms with Crippen LogP contribution in [0.3, 0.4) is 0 Å². The molecule has 1 aliphatic carbocycles. The maximum atomic E-state index is 8.95. The molecule has 0 amide bonds. The van der Waals surface area contributed by atoms with Gasteiger partial charge >= 0.3 is 0 Å². The Morgan fingerprint density at radius 3 is 2.32 bits per heavy atom. The minimum absolute atomic E-state index is 0.160. The van der Waals surface area contributed by atoms with Crippen molar-refractivity contribution in [3.05, 3.63) is 29.8 Å². The lowest BCUT2D eigenvalue weighted by molar-refractivity contribution is 0.397. The number of hydrogen-bond donors (Lipinski definition) is 1. The van der Waals surface area contributed by atoms with Gasteiger partial charge in [-0.25, -0.2) is 0 Å². The summed E-state index contributed by atoms with van der Waals surface area (Å²) in [6, 6.07) is 11.5. The van der Waals surface area contributed by atoms with Gasteiger partial charge in [0.15, 0.2) is 0 Å². The van der Waals surface area contributed by atoms with Crippen LogP contribution in [0.25, 0.3) is 0 Å². The van der Waals surface area contributed by atoms with Gasteiger partial charge in [0.25, 0.3) is 0 Å². The van der Waals surface area contributed by atoms with Crippen LogP contribution in [0.5, 0.6) is 0 Å². The first kappa shape index (κ1) is 13.9. The third kappa shape index (κ3) is 3.50. The maximum Gasteiger partial charge on any atom is 0.0655 e. The lowest BCUT2D eigenvalue weighted by Gasteiger charge is -2.30. The Morgan fingerprint density at radius 2 is 1.74 bits per heavy atom. The quantitative estimate of drug-likeness (QED) is 0.847. The number of nitriles is 1. The van der Waals surface area contributed by atoms with Gasteiger partial charge in [-0.1, -0.05) is 39.0 Å². The van der Waals surface area contributed by atoms with Crippen molar-refractivity contribution >= 4 is 5.69 Å². The van der Waals surface area contributed by atoms with E-state index in [-0.39, 0.29) is 11.3 Å². The molecular weight excluding hydrogens is 232 g/mol. The van der Waals surface area contributed by atoms with Crippen LogP contribution in [-0.2, 0) is 5.41 Å². The van der Waals surface area contributed by atoms with Gasteiger partial charge in [0.2, 0.25) is 0 Å². The molecule has 0 spiro atoms. The average Bonchev–Trinajstić information content (AvgIpc) is 2.39. The maximum absolute atomic E-state index is 8.95. The van der Waals surface area contributed by atoms with Gasteiger partial charge in [-0.3, -0.25) is 0 Å². The molecule has 1 N–H and O–H groups in total. The van der Waals surface area contributed by atoms with Crippen molar-refractivity contribution in [1.29, 1.82) is 5.26 Å². The molecule has 0 aliphatic heterocycles. The van der Waals surface area contributed by atoms with Crippen LogP contribution in [0.4, 0.5) is 5.69 Å². The molecule has 0 saturated heterocycles. The van der Waals surface area contributed by atoms with Crippen molar-refractivity contribution in [3.8, 4) is 6.07 Å². The van der Waals surface area contributed by atoms with E-state index < -0.39 is 0 Å². The van der Waals surface area contributed by atoms with Crippen molar-refractivity contribution in [2.45, 2.75) is 57.9 Å². The molecule has 0 heterocycles. The fraction of sp³-hybridized carbons (Fsp3) is 0.588. The summed E-state index contributed by atoms with van der Waals surface area (Å²) >= 11 is 0. The molecule has 1 aromatic rings. The molecule has 1 aromatic carbocycles. The minimum Gasteiger partial charge on any atom is -0.382 e. The fourth-order valence-corrected chi connectivity index (χ4v) is 2.85. The monoisotopic (exact) mass is 256 g/mol. The summed E-state index contributed by atoms with van der Waals surface area (Å²) in [7, 11) is 0. The summed E-state index contributed by atoms with van der Waals surface area (Å²) in [5.74, 6) is 0.274. The Bertz CT molecular complexity index is 457. The molecule has 0 atom stereocenters. The third-order valence-electron chi connectivity index (χ3n) is 4.00. The van der Waals surface area contributed by atoms with Gasteiger partial charge in [-0.2, -0.15) is 5.26 Å². The van der Waals surface area contributed by atoms with Gasteiger partial charge in [0.1, 0.15) is 0 Å².